The number of piperidine rings is 1. The predicted octanol–water partition coefficient (Wildman–Crippen LogP) is 2.00. The number of hydrogen-bond donors (Lipinski definition) is 2. The lowest BCUT2D eigenvalue weighted by atomic mass is 10.1. The predicted molar refractivity (Wildman–Crippen MR) is 81.1 cm³/mol. The van der Waals surface area contributed by atoms with E-state index in [1.807, 2.05) is 17.9 Å². The molecule has 1 aliphatic rings. The SMILES string of the molecule is CC(C(=O)Nc1ccc(C#N)c(Cl)c1)N1CCC(O)CC1. The number of likely N-dealkylation sites (tertiary alicyclic amines) is 1. The number of hydrogen-bond acceptors (Lipinski definition) is 4. The normalized spacial score (nSPS) is 18.0. The molecule has 1 amide bonds. The highest BCUT2D eigenvalue weighted by Crippen LogP contribution is 2.21. The third kappa shape index (κ3) is 3.94. The maximum absolute atomic E-state index is 12.2. The van der Waals surface area contributed by atoms with Gasteiger partial charge < -0.3 is 10.4 Å². The highest BCUT2D eigenvalue weighted by Gasteiger charge is 2.25. The molecule has 6 heteroatoms. The zero-order chi connectivity index (χ0) is 15.4. The molecule has 0 spiro atoms. The Hall–Kier alpha value is -1.61. The van der Waals surface area contributed by atoms with Gasteiger partial charge in [0.25, 0.3) is 0 Å². The third-order valence-electron chi connectivity index (χ3n) is 3.78. The van der Waals surface area contributed by atoms with Gasteiger partial charge in [-0.25, -0.2) is 0 Å². The van der Waals surface area contributed by atoms with Gasteiger partial charge in [0.2, 0.25) is 5.91 Å². The fourth-order valence-corrected chi connectivity index (χ4v) is 2.59. The summed E-state index contributed by atoms with van der Waals surface area (Å²) in [6.45, 7) is 3.27. The van der Waals surface area contributed by atoms with Crippen LogP contribution in [0.2, 0.25) is 5.02 Å². The van der Waals surface area contributed by atoms with Crippen LogP contribution in [0.25, 0.3) is 0 Å². The van der Waals surface area contributed by atoms with Crippen molar-refractivity contribution in [3.63, 3.8) is 0 Å². The molecule has 2 N–H and O–H groups in total. The van der Waals surface area contributed by atoms with Crippen molar-refractivity contribution < 1.29 is 9.90 Å². The Bertz CT molecular complexity index is 563. The first-order valence-corrected chi connectivity index (χ1v) is 7.31. The number of benzene rings is 1. The van der Waals surface area contributed by atoms with Crippen LogP contribution in [-0.2, 0) is 4.79 Å². The van der Waals surface area contributed by atoms with Gasteiger partial charge in [-0.05, 0) is 38.0 Å². The van der Waals surface area contributed by atoms with E-state index in [0.29, 0.717) is 42.2 Å². The standard InChI is InChI=1S/C15H18ClN3O2/c1-10(19-6-4-13(20)5-7-19)15(21)18-12-3-2-11(9-17)14(16)8-12/h2-3,8,10,13,20H,4-7H2,1H3,(H,18,21). The average Bonchev–Trinajstić information content (AvgIpc) is 2.47. The summed E-state index contributed by atoms with van der Waals surface area (Å²) in [5.41, 5.74) is 0.959. The summed E-state index contributed by atoms with van der Waals surface area (Å²) in [7, 11) is 0. The first-order chi connectivity index (χ1) is 10.0. The molecule has 1 atom stereocenters. The van der Waals surface area contributed by atoms with Crippen LogP contribution in [0.15, 0.2) is 18.2 Å². The molecule has 1 saturated heterocycles. The smallest absolute Gasteiger partial charge is 0.241 e. The molecule has 0 bridgehead atoms. The van der Waals surface area contributed by atoms with Gasteiger partial charge in [0.1, 0.15) is 6.07 Å². The molecule has 0 aliphatic carbocycles. The molecule has 1 fully saturated rings. The van der Waals surface area contributed by atoms with Crippen molar-refractivity contribution in [2.45, 2.75) is 31.9 Å². The molecular weight excluding hydrogens is 290 g/mol. The second-order valence-corrected chi connectivity index (χ2v) is 5.65. The van der Waals surface area contributed by atoms with Gasteiger partial charge in [0.05, 0.1) is 22.7 Å². The fraction of sp³-hybridized carbons (Fsp3) is 0.467. The Morgan fingerprint density at radius 3 is 2.76 bits per heavy atom. The number of amides is 1. The Balaban J connectivity index is 1.97. The van der Waals surface area contributed by atoms with Crippen molar-refractivity contribution >= 4 is 23.2 Å². The van der Waals surface area contributed by atoms with Crippen LogP contribution in [0.1, 0.15) is 25.3 Å². The van der Waals surface area contributed by atoms with Gasteiger partial charge in [0, 0.05) is 18.8 Å². The molecular formula is C15H18ClN3O2. The van der Waals surface area contributed by atoms with E-state index in [9.17, 15) is 9.90 Å². The Labute approximate surface area is 129 Å². The van der Waals surface area contributed by atoms with Crippen LogP contribution in [0, 0.1) is 11.3 Å². The quantitative estimate of drug-likeness (QED) is 0.895. The second kappa shape index (κ2) is 6.90. The van der Waals surface area contributed by atoms with Crippen LogP contribution in [0.3, 0.4) is 0 Å². The lowest BCUT2D eigenvalue weighted by Gasteiger charge is -2.33. The lowest BCUT2D eigenvalue weighted by molar-refractivity contribution is -0.121. The minimum Gasteiger partial charge on any atom is -0.393 e. The average molecular weight is 308 g/mol. The molecule has 0 saturated carbocycles. The number of nitrogens with zero attached hydrogens (tertiary/aromatic N) is 2. The summed E-state index contributed by atoms with van der Waals surface area (Å²) in [6, 6.07) is 6.53. The van der Waals surface area contributed by atoms with Gasteiger partial charge in [-0.2, -0.15) is 5.26 Å². The highest BCUT2D eigenvalue weighted by atomic mass is 35.5. The number of halogens is 1. The fourth-order valence-electron chi connectivity index (χ4n) is 2.37. The number of nitriles is 1. The van der Waals surface area contributed by atoms with Crippen molar-refractivity contribution in [1.29, 1.82) is 5.26 Å². The number of carbonyl (C=O) groups is 1. The molecule has 21 heavy (non-hydrogen) atoms. The van der Waals surface area contributed by atoms with Gasteiger partial charge in [0.15, 0.2) is 0 Å². The molecule has 1 unspecified atom stereocenters. The summed E-state index contributed by atoms with van der Waals surface area (Å²) < 4.78 is 0. The first-order valence-electron chi connectivity index (χ1n) is 6.94. The summed E-state index contributed by atoms with van der Waals surface area (Å²) in [5, 5.41) is 21.4. The van der Waals surface area contributed by atoms with E-state index < -0.39 is 0 Å². The van der Waals surface area contributed by atoms with Crippen LogP contribution < -0.4 is 5.32 Å². The van der Waals surface area contributed by atoms with Crippen molar-refractivity contribution in [3.05, 3.63) is 28.8 Å². The van der Waals surface area contributed by atoms with Crippen molar-refractivity contribution in [1.82, 2.24) is 4.90 Å². The van der Waals surface area contributed by atoms with Crippen molar-refractivity contribution in [3.8, 4) is 6.07 Å². The van der Waals surface area contributed by atoms with Crippen LogP contribution in [0.5, 0.6) is 0 Å². The van der Waals surface area contributed by atoms with Crippen molar-refractivity contribution in [2.75, 3.05) is 18.4 Å². The number of anilines is 1. The topological polar surface area (TPSA) is 76.4 Å². The van der Waals surface area contributed by atoms with E-state index in [0.717, 1.165) is 0 Å². The van der Waals surface area contributed by atoms with Gasteiger partial charge >= 0.3 is 0 Å². The molecule has 2 rings (SSSR count). The molecule has 5 nitrogen and oxygen atoms in total. The second-order valence-electron chi connectivity index (χ2n) is 5.24. The van der Waals surface area contributed by atoms with Gasteiger partial charge in [-0.1, -0.05) is 11.6 Å². The van der Waals surface area contributed by atoms with E-state index in [-0.39, 0.29) is 18.1 Å². The molecule has 0 aromatic heterocycles. The van der Waals surface area contributed by atoms with E-state index in [1.165, 1.54) is 0 Å². The summed E-state index contributed by atoms with van der Waals surface area (Å²) >= 11 is 5.95. The molecule has 1 aliphatic heterocycles. The monoisotopic (exact) mass is 307 g/mol. The van der Waals surface area contributed by atoms with E-state index in [1.54, 1.807) is 18.2 Å². The maximum atomic E-state index is 12.2. The summed E-state index contributed by atoms with van der Waals surface area (Å²) in [5.74, 6) is -0.118. The lowest BCUT2D eigenvalue weighted by Crippen LogP contribution is -2.47. The Kier molecular flexibility index (Phi) is 5.18. The van der Waals surface area contributed by atoms with Crippen molar-refractivity contribution in [2.24, 2.45) is 0 Å². The van der Waals surface area contributed by atoms with Crippen LogP contribution in [-0.4, -0.2) is 41.1 Å². The maximum Gasteiger partial charge on any atom is 0.241 e. The Morgan fingerprint density at radius 2 is 2.19 bits per heavy atom. The van der Waals surface area contributed by atoms with E-state index in [2.05, 4.69) is 5.32 Å². The van der Waals surface area contributed by atoms with E-state index in [4.69, 9.17) is 16.9 Å². The number of nitrogens with one attached hydrogen (secondary N) is 1. The molecule has 112 valence electrons. The summed E-state index contributed by atoms with van der Waals surface area (Å²) in [6.07, 6.45) is 1.13. The van der Waals surface area contributed by atoms with Gasteiger partial charge in [-0.15, -0.1) is 0 Å². The molecule has 0 radical (unpaired) electrons. The minimum absolute atomic E-state index is 0.118. The first kappa shape index (κ1) is 15.8. The minimum atomic E-state index is -0.271. The van der Waals surface area contributed by atoms with Crippen LogP contribution >= 0.6 is 11.6 Å². The zero-order valence-electron chi connectivity index (χ0n) is 11.8. The number of rotatable bonds is 3. The summed E-state index contributed by atoms with van der Waals surface area (Å²) in [4.78, 5) is 14.3. The highest BCUT2D eigenvalue weighted by molar-refractivity contribution is 6.32. The third-order valence-corrected chi connectivity index (χ3v) is 4.10. The van der Waals surface area contributed by atoms with Gasteiger partial charge in [-0.3, -0.25) is 9.69 Å². The molecule has 1 aromatic rings. The Morgan fingerprint density at radius 1 is 1.52 bits per heavy atom. The molecule has 1 aromatic carbocycles. The largest absolute Gasteiger partial charge is 0.393 e. The molecule has 1 heterocycles. The number of carbonyl (C=O) groups excluding carboxylic acids is 1. The number of aliphatic hydroxyl groups is 1. The zero-order valence-corrected chi connectivity index (χ0v) is 12.6. The van der Waals surface area contributed by atoms with Crippen LogP contribution in [0.4, 0.5) is 5.69 Å². The number of aliphatic hydroxyl groups excluding tert-OH is 1. The van der Waals surface area contributed by atoms with E-state index >= 15 is 0 Å².